The molecular formula is C8H13Cl2FN2O. The monoisotopic (exact) mass is 242 g/mol. The summed E-state index contributed by atoms with van der Waals surface area (Å²) in [6, 6.07) is 3.31. The van der Waals surface area contributed by atoms with Crippen LogP contribution in [0.1, 0.15) is 11.6 Å². The average molecular weight is 243 g/mol. The van der Waals surface area contributed by atoms with Crippen LogP contribution in [0.2, 0.25) is 0 Å². The SMILES string of the molecule is Cl.Cl.Nc1ccc(F)cc1[C@H](N)CO. The summed E-state index contributed by atoms with van der Waals surface area (Å²) < 4.78 is 12.7. The van der Waals surface area contributed by atoms with Crippen LogP contribution < -0.4 is 11.5 Å². The van der Waals surface area contributed by atoms with Crippen LogP contribution in [-0.4, -0.2) is 11.7 Å². The van der Waals surface area contributed by atoms with E-state index in [0.29, 0.717) is 11.3 Å². The molecule has 1 aromatic carbocycles. The van der Waals surface area contributed by atoms with Gasteiger partial charge in [-0.25, -0.2) is 4.39 Å². The predicted octanol–water partition coefficient (Wildman–Crippen LogP) is 1.24. The summed E-state index contributed by atoms with van der Waals surface area (Å²) in [6.07, 6.45) is 0. The minimum absolute atomic E-state index is 0. The van der Waals surface area contributed by atoms with Crippen LogP contribution in [0.15, 0.2) is 18.2 Å². The zero-order chi connectivity index (χ0) is 9.14. The van der Waals surface area contributed by atoms with Gasteiger partial charge in [0.15, 0.2) is 0 Å². The summed E-state index contributed by atoms with van der Waals surface area (Å²) >= 11 is 0. The lowest BCUT2D eigenvalue weighted by Crippen LogP contribution is -2.16. The summed E-state index contributed by atoms with van der Waals surface area (Å²) in [7, 11) is 0. The Morgan fingerprint density at radius 3 is 2.43 bits per heavy atom. The molecule has 0 heterocycles. The molecule has 6 heteroatoms. The lowest BCUT2D eigenvalue weighted by Gasteiger charge is -2.10. The van der Waals surface area contributed by atoms with E-state index in [0.717, 1.165) is 0 Å². The van der Waals surface area contributed by atoms with Gasteiger partial charge in [-0.2, -0.15) is 0 Å². The van der Waals surface area contributed by atoms with Crippen molar-refractivity contribution < 1.29 is 9.50 Å². The second-order valence-electron chi connectivity index (χ2n) is 2.56. The molecule has 0 aliphatic carbocycles. The first-order valence-corrected chi connectivity index (χ1v) is 3.56. The summed E-state index contributed by atoms with van der Waals surface area (Å²) in [6.45, 7) is -0.242. The van der Waals surface area contributed by atoms with Gasteiger partial charge in [-0.3, -0.25) is 0 Å². The molecule has 0 bridgehead atoms. The van der Waals surface area contributed by atoms with E-state index in [4.69, 9.17) is 16.6 Å². The topological polar surface area (TPSA) is 72.3 Å². The molecule has 0 spiro atoms. The highest BCUT2D eigenvalue weighted by atomic mass is 35.5. The highest BCUT2D eigenvalue weighted by Gasteiger charge is 2.08. The zero-order valence-corrected chi connectivity index (χ0v) is 8.95. The molecule has 0 amide bonds. The van der Waals surface area contributed by atoms with Crippen molar-refractivity contribution in [3.05, 3.63) is 29.6 Å². The van der Waals surface area contributed by atoms with Gasteiger partial charge in [0.25, 0.3) is 0 Å². The highest BCUT2D eigenvalue weighted by Crippen LogP contribution is 2.18. The molecule has 0 unspecified atom stereocenters. The molecule has 0 saturated carbocycles. The lowest BCUT2D eigenvalue weighted by atomic mass is 10.1. The van der Waals surface area contributed by atoms with E-state index in [1.807, 2.05) is 0 Å². The van der Waals surface area contributed by atoms with Crippen LogP contribution in [-0.2, 0) is 0 Å². The molecule has 14 heavy (non-hydrogen) atoms. The summed E-state index contributed by atoms with van der Waals surface area (Å²) in [5, 5.41) is 8.70. The van der Waals surface area contributed by atoms with Gasteiger partial charge in [0.2, 0.25) is 0 Å². The largest absolute Gasteiger partial charge is 0.398 e. The molecule has 0 radical (unpaired) electrons. The van der Waals surface area contributed by atoms with Crippen LogP contribution in [0.3, 0.4) is 0 Å². The molecule has 5 N–H and O–H groups in total. The van der Waals surface area contributed by atoms with Gasteiger partial charge >= 0.3 is 0 Å². The fourth-order valence-corrected chi connectivity index (χ4v) is 0.965. The summed E-state index contributed by atoms with van der Waals surface area (Å²) in [5.41, 5.74) is 11.8. The third kappa shape index (κ3) is 3.67. The molecule has 82 valence electrons. The van der Waals surface area contributed by atoms with E-state index in [-0.39, 0.29) is 31.4 Å². The standard InChI is InChI=1S/C8H11FN2O.2ClH/c9-5-1-2-7(10)6(3-5)8(11)4-12;;/h1-3,8,12H,4,10-11H2;2*1H/t8-;;/m1../s1. The van der Waals surface area contributed by atoms with Gasteiger partial charge in [-0.15, -0.1) is 24.8 Å². The zero-order valence-electron chi connectivity index (χ0n) is 7.31. The first-order valence-electron chi connectivity index (χ1n) is 3.56. The number of hydrogen-bond acceptors (Lipinski definition) is 3. The number of aliphatic hydroxyl groups is 1. The first kappa shape index (κ1) is 15.9. The Kier molecular flexibility index (Phi) is 7.77. The Morgan fingerprint density at radius 1 is 1.36 bits per heavy atom. The number of aliphatic hydroxyl groups excluding tert-OH is 1. The molecule has 3 nitrogen and oxygen atoms in total. The molecule has 0 fully saturated rings. The normalized spacial score (nSPS) is 11.1. The van der Waals surface area contributed by atoms with Gasteiger partial charge in [-0.1, -0.05) is 0 Å². The van der Waals surface area contributed by atoms with Crippen LogP contribution >= 0.6 is 24.8 Å². The summed E-state index contributed by atoms with van der Waals surface area (Å²) in [4.78, 5) is 0. The van der Waals surface area contributed by atoms with Gasteiger partial charge in [0.05, 0.1) is 12.6 Å². The number of nitrogens with two attached hydrogens (primary N) is 2. The smallest absolute Gasteiger partial charge is 0.123 e. The molecule has 1 rings (SSSR count). The number of benzene rings is 1. The van der Waals surface area contributed by atoms with Crippen LogP contribution in [0, 0.1) is 5.82 Å². The maximum absolute atomic E-state index is 12.7. The van der Waals surface area contributed by atoms with Gasteiger partial charge in [0, 0.05) is 5.69 Å². The van der Waals surface area contributed by atoms with E-state index in [2.05, 4.69) is 0 Å². The van der Waals surface area contributed by atoms with Crippen molar-refractivity contribution in [3.8, 4) is 0 Å². The summed E-state index contributed by atoms with van der Waals surface area (Å²) in [5.74, 6) is -0.400. The van der Waals surface area contributed by atoms with E-state index in [1.54, 1.807) is 0 Å². The number of halogens is 3. The molecule has 0 aliphatic heterocycles. The third-order valence-electron chi connectivity index (χ3n) is 1.65. The Hall–Kier alpha value is -0.550. The van der Waals surface area contributed by atoms with Crippen molar-refractivity contribution in [1.82, 2.24) is 0 Å². The number of hydrogen-bond donors (Lipinski definition) is 3. The average Bonchev–Trinajstić information content (AvgIpc) is 2.08. The Morgan fingerprint density at radius 2 is 1.93 bits per heavy atom. The molecule has 0 aliphatic rings. The minimum atomic E-state index is -0.610. The van der Waals surface area contributed by atoms with Crippen molar-refractivity contribution >= 4 is 30.5 Å². The van der Waals surface area contributed by atoms with E-state index < -0.39 is 11.9 Å². The van der Waals surface area contributed by atoms with Gasteiger partial charge in [-0.05, 0) is 23.8 Å². The number of nitrogen functional groups attached to an aromatic ring is 1. The third-order valence-corrected chi connectivity index (χ3v) is 1.65. The molecular weight excluding hydrogens is 230 g/mol. The number of anilines is 1. The molecule has 1 atom stereocenters. The first-order chi connectivity index (χ1) is 5.65. The quantitative estimate of drug-likeness (QED) is 0.684. The van der Waals surface area contributed by atoms with Gasteiger partial charge in [0.1, 0.15) is 5.82 Å². The number of rotatable bonds is 2. The molecule has 0 aromatic heterocycles. The fraction of sp³-hybridized carbons (Fsp3) is 0.250. The van der Waals surface area contributed by atoms with Crippen molar-refractivity contribution in [2.24, 2.45) is 5.73 Å². The predicted molar refractivity (Wildman–Crippen MR) is 59.3 cm³/mol. The van der Waals surface area contributed by atoms with E-state index in [9.17, 15) is 4.39 Å². The lowest BCUT2D eigenvalue weighted by molar-refractivity contribution is 0.268. The fourth-order valence-electron chi connectivity index (χ4n) is 0.965. The van der Waals surface area contributed by atoms with Gasteiger partial charge < -0.3 is 16.6 Å². The Labute approximate surface area is 94.1 Å². The van der Waals surface area contributed by atoms with E-state index >= 15 is 0 Å². The Bertz CT molecular complexity index is 286. The van der Waals surface area contributed by atoms with Crippen molar-refractivity contribution in [2.75, 3.05) is 12.3 Å². The van der Waals surface area contributed by atoms with E-state index in [1.165, 1.54) is 18.2 Å². The van der Waals surface area contributed by atoms with Crippen molar-refractivity contribution in [2.45, 2.75) is 6.04 Å². The second kappa shape index (κ2) is 6.84. The van der Waals surface area contributed by atoms with Crippen LogP contribution in [0.4, 0.5) is 10.1 Å². The second-order valence-corrected chi connectivity index (χ2v) is 2.56. The highest BCUT2D eigenvalue weighted by molar-refractivity contribution is 5.85. The minimum Gasteiger partial charge on any atom is -0.398 e. The molecule has 1 aromatic rings. The maximum Gasteiger partial charge on any atom is 0.123 e. The molecule has 0 saturated heterocycles. The van der Waals surface area contributed by atoms with Crippen LogP contribution in [0.25, 0.3) is 0 Å². The maximum atomic E-state index is 12.7. The van der Waals surface area contributed by atoms with Crippen molar-refractivity contribution in [3.63, 3.8) is 0 Å². The van der Waals surface area contributed by atoms with Crippen LogP contribution in [0.5, 0.6) is 0 Å². The van der Waals surface area contributed by atoms with Crippen molar-refractivity contribution in [1.29, 1.82) is 0 Å². The Balaban J connectivity index is 0.